The summed E-state index contributed by atoms with van der Waals surface area (Å²) in [6, 6.07) is 5.38. The fourth-order valence-corrected chi connectivity index (χ4v) is 2.65. The molecule has 1 fully saturated rings. The van der Waals surface area contributed by atoms with Crippen LogP contribution in [0, 0.1) is 5.41 Å². The van der Waals surface area contributed by atoms with Crippen LogP contribution in [0.3, 0.4) is 0 Å². The molecule has 110 valence electrons. The molecule has 0 saturated carbocycles. The third-order valence-electron chi connectivity index (χ3n) is 3.54. The molecule has 0 radical (unpaired) electrons. The van der Waals surface area contributed by atoms with Crippen molar-refractivity contribution in [1.82, 2.24) is 4.09 Å². The number of carbonyl (C=O) groups is 1. The molecule has 0 spiro atoms. The number of benzene rings is 1. The fourth-order valence-electron chi connectivity index (χ4n) is 2.41. The van der Waals surface area contributed by atoms with Gasteiger partial charge in [-0.1, -0.05) is 26.0 Å². The Bertz CT molecular complexity index is 702. The Balaban J connectivity index is 1.98. The number of aromatic carboxylic acids is 1. The second kappa shape index (κ2) is 5.05. The molecule has 1 aliphatic heterocycles. The van der Waals surface area contributed by atoms with E-state index >= 15 is 0 Å². The number of nitrogens with zero attached hydrogens (tertiary/aromatic N) is 1. The molecule has 1 N–H and O–H groups in total. The fraction of sp³-hybridized carbons (Fsp3) is 0.357. The minimum atomic E-state index is -1.01. The van der Waals surface area contributed by atoms with Gasteiger partial charge in [0, 0.05) is 42.0 Å². The molecular formula is C14H15BClNO4. The number of hydrogen-bond donors (Lipinski definition) is 1. The number of rotatable bonds is 2. The van der Waals surface area contributed by atoms with Gasteiger partial charge in [0.1, 0.15) is 0 Å². The number of fused-ring (bicyclic) bond motifs is 1. The normalized spacial score (nSPS) is 18.1. The lowest BCUT2D eigenvalue weighted by molar-refractivity contribution is 0.0343. The Morgan fingerprint density at radius 3 is 2.67 bits per heavy atom. The van der Waals surface area contributed by atoms with Crippen molar-refractivity contribution in [1.29, 1.82) is 0 Å². The average molecular weight is 308 g/mol. The molecule has 0 atom stereocenters. The highest BCUT2D eigenvalue weighted by atomic mass is 35.5. The monoisotopic (exact) mass is 307 g/mol. The molecule has 1 aliphatic rings. The SMILES string of the molecule is CC1(C)COB(c2ccc3c(c2)c(C(=O)O)cn3Cl)OC1. The summed E-state index contributed by atoms with van der Waals surface area (Å²) in [6.07, 6.45) is 1.39. The van der Waals surface area contributed by atoms with Crippen molar-refractivity contribution >= 4 is 41.2 Å². The molecule has 7 heteroatoms. The Labute approximate surface area is 127 Å². The van der Waals surface area contributed by atoms with Gasteiger partial charge < -0.3 is 14.4 Å². The van der Waals surface area contributed by atoms with Crippen LogP contribution < -0.4 is 5.46 Å². The molecule has 1 aromatic heterocycles. The highest BCUT2D eigenvalue weighted by Crippen LogP contribution is 2.24. The predicted molar refractivity (Wildman–Crippen MR) is 81.2 cm³/mol. The van der Waals surface area contributed by atoms with E-state index in [9.17, 15) is 9.90 Å². The van der Waals surface area contributed by atoms with Crippen LogP contribution in [-0.4, -0.2) is 35.5 Å². The minimum absolute atomic E-state index is 0.00765. The van der Waals surface area contributed by atoms with Gasteiger partial charge in [0.2, 0.25) is 0 Å². The van der Waals surface area contributed by atoms with E-state index in [0.717, 1.165) is 5.46 Å². The van der Waals surface area contributed by atoms with Crippen molar-refractivity contribution in [2.75, 3.05) is 13.2 Å². The second-order valence-electron chi connectivity index (χ2n) is 6.05. The Morgan fingerprint density at radius 2 is 2.05 bits per heavy atom. The minimum Gasteiger partial charge on any atom is -0.478 e. The van der Waals surface area contributed by atoms with Gasteiger partial charge in [-0.25, -0.2) is 4.79 Å². The van der Waals surface area contributed by atoms with Crippen LogP contribution in [0.15, 0.2) is 24.4 Å². The third-order valence-corrected chi connectivity index (χ3v) is 3.82. The molecule has 1 saturated heterocycles. The van der Waals surface area contributed by atoms with Gasteiger partial charge in [0.25, 0.3) is 0 Å². The zero-order chi connectivity index (χ0) is 15.2. The highest BCUT2D eigenvalue weighted by Gasteiger charge is 2.33. The van der Waals surface area contributed by atoms with Gasteiger partial charge in [-0.05, 0) is 11.5 Å². The van der Waals surface area contributed by atoms with Gasteiger partial charge in [-0.15, -0.1) is 0 Å². The Hall–Kier alpha value is -1.50. The molecule has 0 unspecified atom stereocenters. The van der Waals surface area contributed by atoms with Crippen molar-refractivity contribution in [2.45, 2.75) is 13.8 Å². The van der Waals surface area contributed by atoms with Gasteiger partial charge in [-0.3, -0.25) is 4.09 Å². The lowest BCUT2D eigenvalue weighted by Crippen LogP contribution is -2.47. The number of carboxylic acids is 1. The first-order valence-corrected chi connectivity index (χ1v) is 6.99. The largest absolute Gasteiger partial charge is 0.493 e. The standard InChI is InChI=1S/C14H15BClNO4/c1-14(2)7-20-15(21-8-14)9-3-4-12-10(5-9)11(13(18)19)6-17(12)16/h3-6H,7-8H2,1-2H3,(H,18,19). The van der Waals surface area contributed by atoms with Crippen molar-refractivity contribution in [3.63, 3.8) is 0 Å². The maximum atomic E-state index is 11.3. The molecule has 2 aromatic rings. The van der Waals surface area contributed by atoms with E-state index in [-0.39, 0.29) is 11.0 Å². The Kier molecular flexibility index (Phi) is 3.47. The molecule has 5 nitrogen and oxygen atoms in total. The van der Waals surface area contributed by atoms with Gasteiger partial charge in [0.15, 0.2) is 0 Å². The first-order valence-electron chi connectivity index (χ1n) is 6.65. The van der Waals surface area contributed by atoms with Crippen molar-refractivity contribution in [3.05, 3.63) is 30.0 Å². The van der Waals surface area contributed by atoms with Gasteiger partial charge in [-0.2, -0.15) is 0 Å². The second-order valence-corrected chi connectivity index (χ2v) is 6.42. The summed E-state index contributed by atoms with van der Waals surface area (Å²) in [4.78, 5) is 11.3. The number of carboxylic acid groups (broad SMARTS) is 1. The maximum absolute atomic E-state index is 11.3. The molecule has 1 aromatic carbocycles. The van der Waals surface area contributed by atoms with E-state index in [0.29, 0.717) is 24.1 Å². The topological polar surface area (TPSA) is 60.7 Å². The molecule has 21 heavy (non-hydrogen) atoms. The van der Waals surface area contributed by atoms with E-state index in [1.165, 1.54) is 10.3 Å². The summed E-state index contributed by atoms with van der Waals surface area (Å²) in [5.74, 6) is -1.01. The van der Waals surface area contributed by atoms with E-state index < -0.39 is 13.1 Å². The van der Waals surface area contributed by atoms with Crippen molar-refractivity contribution < 1.29 is 19.2 Å². The summed E-state index contributed by atoms with van der Waals surface area (Å²) in [5.41, 5.74) is 1.60. The molecular weight excluding hydrogens is 292 g/mol. The smallest absolute Gasteiger partial charge is 0.478 e. The Morgan fingerprint density at radius 1 is 1.38 bits per heavy atom. The van der Waals surface area contributed by atoms with Crippen LogP contribution in [-0.2, 0) is 9.31 Å². The maximum Gasteiger partial charge on any atom is 0.493 e. The van der Waals surface area contributed by atoms with Gasteiger partial charge in [0.05, 0.1) is 11.1 Å². The predicted octanol–water partition coefficient (Wildman–Crippen LogP) is 2.11. The van der Waals surface area contributed by atoms with Gasteiger partial charge >= 0.3 is 13.1 Å². The lowest BCUT2D eigenvalue weighted by atomic mass is 9.75. The van der Waals surface area contributed by atoms with E-state index in [1.807, 2.05) is 6.07 Å². The summed E-state index contributed by atoms with van der Waals surface area (Å²) in [6.45, 7) is 5.33. The molecule has 0 bridgehead atoms. The van der Waals surface area contributed by atoms with Crippen LogP contribution in [0.4, 0.5) is 0 Å². The van der Waals surface area contributed by atoms with Crippen LogP contribution in [0.5, 0.6) is 0 Å². The number of hydrogen-bond acceptors (Lipinski definition) is 3. The highest BCUT2D eigenvalue weighted by molar-refractivity contribution is 6.61. The van der Waals surface area contributed by atoms with Crippen LogP contribution in [0.1, 0.15) is 24.2 Å². The molecule has 2 heterocycles. The summed E-state index contributed by atoms with van der Waals surface area (Å²) >= 11 is 5.99. The molecule has 0 amide bonds. The van der Waals surface area contributed by atoms with Crippen molar-refractivity contribution in [2.24, 2.45) is 5.41 Å². The van der Waals surface area contributed by atoms with Crippen LogP contribution in [0.25, 0.3) is 10.9 Å². The zero-order valence-corrected chi connectivity index (χ0v) is 12.6. The first-order chi connectivity index (χ1) is 9.87. The summed E-state index contributed by atoms with van der Waals surface area (Å²) in [5, 5.41) is 9.81. The first kappa shape index (κ1) is 14.4. The quantitative estimate of drug-likeness (QED) is 0.863. The van der Waals surface area contributed by atoms with Crippen LogP contribution >= 0.6 is 11.8 Å². The van der Waals surface area contributed by atoms with E-state index in [1.54, 1.807) is 12.1 Å². The third kappa shape index (κ3) is 2.66. The van der Waals surface area contributed by atoms with E-state index in [2.05, 4.69) is 13.8 Å². The summed E-state index contributed by atoms with van der Waals surface area (Å²) in [7, 11) is -0.470. The van der Waals surface area contributed by atoms with E-state index in [4.69, 9.17) is 21.1 Å². The summed E-state index contributed by atoms with van der Waals surface area (Å²) < 4.78 is 12.7. The van der Waals surface area contributed by atoms with Crippen LogP contribution in [0.2, 0.25) is 0 Å². The average Bonchev–Trinajstić information content (AvgIpc) is 2.76. The zero-order valence-electron chi connectivity index (χ0n) is 11.8. The molecule has 0 aliphatic carbocycles. The van der Waals surface area contributed by atoms with Crippen molar-refractivity contribution in [3.8, 4) is 0 Å². The lowest BCUT2D eigenvalue weighted by Gasteiger charge is -2.33. The molecule has 3 rings (SSSR count). The number of halogens is 1. The number of aromatic nitrogens is 1.